The van der Waals surface area contributed by atoms with Gasteiger partial charge in [0.05, 0.1) is 16.1 Å². The van der Waals surface area contributed by atoms with E-state index in [9.17, 15) is 24.5 Å². The van der Waals surface area contributed by atoms with Crippen LogP contribution in [0, 0.1) is 10.1 Å². The van der Waals surface area contributed by atoms with Crippen molar-refractivity contribution in [2.75, 3.05) is 6.61 Å². The molecule has 0 bridgehead atoms. The number of rotatable bonds is 5. The molecule has 0 unspecified atom stereocenters. The number of carbonyl (C=O) groups excluding carboxylic acids is 3. The number of hydrogen-bond donors (Lipinski definition) is 1. The molecule has 0 aliphatic carbocycles. The molecule has 0 spiro atoms. The number of carbonyl (C=O) groups is 3. The highest BCUT2D eigenvalue weighted by Gasteiger charge is 2.38. The quantitative estimate of drug-likeness (QED) is 0.450. The van der Waals surface area contributed by atoms with Crippen LogP contribution in [0.25, 0.3) is 0 Å². The minimum Gasteiger partial charge on any atom is -0.484 e. The molecule has 0 aromatic heterocycles. The lowest BCUT2D eigenvalue weighted by atomic mass is 10.1. The maximum Gasteiger partial charge on any atom is 0.280 e. The van der Waals surface area contributed by atoms with Gasteiger partial charge < -0.3 is 4.74 Å². The van der Waals surface area contributed by atoms with Gasteiger partial charge in [-0.15, -0.1) is 0 Å². The average molecular weight is 420 g/mol. The molecule has 1 aliphatic heterocycles. The third-order valence-corrected chi connectivity index (χ3v) is 3.98. The number of amides is 3. The monoisotopic (exact) mass is 419 g/mol. The van der Waals surface area contributed by atoms with E-state index < -0.39 is 29.3 Å². The van der Waals surface area contributed by atoms with Gasteiger partial charge in [0.2, 0.25) is 0 Å². The fraction of sp³-hybridized carbons (Fsp3) is 0.0625. The van der Waals surface area contributed by atoms with Crippen molar-refractivity contribution in [1.82, 2.24) is 10.4 Å². The van der Waals surface area contributed by atoms with E-state index in [0.29, 0.717) is 10.8 Å². The van der Waals surface area contributed by atoms with Crippen molar-refractivity contribution in [3.8, 4) is 5.75 Å². The molecule has 1 heterocycles. The van der Waals surface area contributed by atoms with E-state index in [-0.39, 0.29) is 16.8 Å². The Morgan fingerprint density at radius 3 is 2.58 bits per heavy atom. The van der Waals surface area contributed by atoms with Crippen LogP contribution in [-0.4, -0.2) is 34.3 Å². The SMILES string of the molecule is O=C(COc1cccc(Br)c1)NN1C(=O)c2ccc([N+](=O)[O-])cc2C1=O. The number of hydrogen-bond acceptors (Lipinski definition) is 6. The molecule has 3 amide bonds. The number of imide groups is 1. The molecule has 2 aromatic carbocycles. The summed E-state index contributed by atoms with van der Waals surface area (Å²) in [6.07, 6.45) is 0. The Kier molecular flexibility index (Phi) is 4.67. The van der Waals surface area contributed by atoms with Gasteiger partial charge in [-0.25, -0.2) is 0 Å². The highest BCUT2D eigenvalue weighted by molar-refractivity contribution is 9.10. The van der Waals surface area contributed by atoms with Crippen molar-refractivity contribution in [3.63, 3.8) is 0 Å². The topological polar surface area (TPSA) is 119 Å². The number of benzene rings is 2. The number of nitrogens with zero attached hydrogens (tertiary/aromatic N) is 2. The predicted octanol–water partition coefficient (Wildman–Crippen LogP) is 2.06. The molecule has 0 fully saturated rings. The number of fused-ring (bicyclic) bond motifs is 1. The summed E-state index contributed by atoms with van der Waals surface area (Å²) in [6.45, 7) is -0.427. The lowest BCUT2D eigenvalue weighted by molar-refractivity contribution is -0.384. The Bertz CT molecular complexity index is 945. The second-order valence-corrected chi connectivity index (χ2v) is 6.13. The third-order valence-electron chi connectivity index (χ3n) is 3.48. The van der Waals surface area contributed by atoms with Gasteiger partial charge in [0, 0.05) is 16.6 Å². The average Bonchev–Trinajstić information content (AvgIpc) is 2.84. The maximum atomic E-state index is 12.3. The van der Waals surface area contributed by atoms with Crippen molar-refractivity contribution < 1.29 is 24.0 Å². The van der Waals surface area contributed by atoms with Crippen LogP contribution < -0.4 is 10.2 Å². The Morgan fingerprint density at radius 1 is 1.15 bits per heavy atom. The van der Waals surface area contributed by atoms with Gasteiger partial charge in [0.25, 0.3) is 23.4 Å². The summed E-state index contributed by atoms with van der Waals surface area (Å²) >= 11 is 3.26. The summed E-state index contributed by atoms with van der Waals surface area (Å²) in [4.78, 5) is 46.6. The summed E-state index contributed by atoms with van der Waals surface area (Å²) in [5.41, 5.74) is 1.66. The van der Waals surface area contributed by atoms with Crippen LogP contribution in [0.2, 0.25) is 0 Å². The second-order valence-electron chi connectivity index (χ2n) is 5.21. The summed E-state index contributed by atoms with van der Waals surface area (Å²) in [5.74, 6) is -1.92. The molecule has 0 saturated carbocycles. The minimum atomic E-state index is -0.843. The highest BCUT2D eigenvalue weighted by Crippen LogP contribution is 2.25. The smallest absolute Gasteiger partial charge is 0.280 e. The molecule has 1 N–H and O–H groups in total. The molecule has 1 aliphatic rings. The van der Waals surface area contributed by atoms with Crippen LogP contribution in [0.4, 0.5) is 5.69 Å². The van der Waals surface area contributed by atoms with Crippen molar-refractivity contribution in [2.45, 2.75) is 0 Å². The van der Waals surface area contributed by atoms with Crippen LogP contribution in [0.1, 0.15) is 20.7 Å². The van der Waals surface area contributed by atoms with Crippen LogP contribution in [0.3, 0.4) is 0 Å². The normalized spacial score (nSPS) is 12.7. The summed E-state index contributed by atoms with van der Waals surface area (Å²) < 4.78 is 6.04. The van der Waals surface area contributed by atoms with E-state index in [1.807, 2.05) is 0 Å². The summed E-state index contributed by atoms with van der Waals surface area (Å²) in [5, 5.41) is 11.3. The Labute approximate surface area is 154 Å². The number of halogens is 1. The zero-order valence-corrected chi connectivity index (χ0v) is 14.6. The Hall–Kier alpha value is -3.27. The first-order valence-electron chi connectivity index (χ1n) is 7.22. The molecule has 0 atom stereocenters. The molecule has 9 nitrogen and oxygen atoms in total. The standard InChI is InChI=1S/C16H10BrN3O6/c17-9-2-1-3-11(6-9)26-8-14(21)18-19-15(22)12-5-4-10(20(24)25)7-13(12)16(19)23/h1-7H,8H2,(H,18,21). The van der Waals surface area contributed by atoms with Crippen LogP contribution in [0.5, 0.6) is 5.75 Å². The molecular formula is C16H10BrN3O6. The lowest BCUT2D eigenvalue weighted by Gasteiger charge is -2.15. The molecule has 0 saturated heterocycles. The molecule has 10 heteroatoms. The number of nitrogens with one attached hydrogen (secondary N) is 1. The largest absolute Gasteiger partial charge is 0.484 e. The van der Waals surface area contributed by atoms with Crippen molar-refractivity contribution >= 4 is 39.3 Å². The number of non-ortho nitro benzene ring substituents is 1. The maximum absolute atomic E-state index is 12.3. The van der Waals surface area contributed by atoms with Gasteiger partial charge in [0.1, 0.15) is 5.75 Å². The number of nitro groups is 1. The fourth-order valence-electron chi connectivity index (χ4n) is 2.31. The van der Waals surface area contributed by atoms with E-state index in [1.54, 1.807) is 24.3 Å². The molecule has 0 radical (unpaired) electrons. The molecule has 2 aromatic rings. The van der Waals surface area contributed by atoms with E-state index in [2.05, 4.69) is 21.4 Å². The third kappa shape index (κ3) is 3.40. The fourth-order valence-corrected chi connectivity index (χ4v) is 2.68. The molecular weight excluding hydrogens is 410 g/mol. The first-order chi connectivity index (χ1) is 12.4. The van der Waals surface area contributed by atoms with E-state index in [4.69, 9.17) is 4.74 Å². The second kappa shape index (κ2) is 6.92. The Balaban J connectivity index is 1.68. The first kappa shape index (κ1) is 17.5. The van der Waals surface area contributed by atoms with Crippen molar-refractivity contribution in [1.29, 1.82) is 0 Å². The molecule has 26 heavy (non-hydrogen) atoms. The highest BCUT2D eigenvalue weighted by atomic mass is 79.9. The zero-order chi connectivity index (χ0) is 18.8. The van der Waals surface area contributed by atoms with Gasteiger partial charge in [-0.1, -0.05) is 22.0 Å². The van der Waals surface area contributed by atoms with E-state index >= 15 is 0 Å². The van der Waals surface area contributed by atoms with Gasteiger partial charge >= 0.3 is 0 Å². The van der Waals surface area contributed by atoms with Gasteiger partial charge in [-0.3, -0.25) is 29.9 Å². The van der Waals surface area contributed by atoms with Crippen LogP contribution in [-0.2, 0) is 4.79 Å². The van der Waals surface area contributed by atoms with Gasteiger partial charge in [0.15, 0.2) is 6.61 Å². The predicted molar refractivity (Wildman–Crippen MR) is 91.4 cm³/mol. The van der Waals surface area contributed by atoms with Crippen molar-refractivity contribution in [2.24, 2.45) is 0 Å². The van der Waals surface area contributed by atoms with E-state index in [0.717, 1.165) is 16.6 Å². The summed E-state index contributed by atoms with van der Waals surface area (Å²) in [7, 11) is 0. The first-order valence-corrected chi connectivity index (χ1v) is 8.01. The molecule has 132 valence electrons. The Morgan fingerprint density at radius 2 is 1.88 bits per heavy atom. The van der Waals surface area contributed by atoms with Crippen LogP contribution >= 0.6 is 15.9 Å². The van der Waals surface area contributed by atoms with Gasteiger partial charge in [-0.2, -0.15) is 5.01 Å². The number of ether oxygens (including phenoxy) is 1. The van der Waals surface area contributed by atoms with Crippen LogP contribution in [0.15, 0.2) is 46.9 Å². The molecule has 3 rings (SSSR count). The minimum absolute atomic E-state index is 0.0196. The van der Waals surface area contributed by atoms with Crippen molar-refractivity contribution in [3.05, 3.63) is 68.2 Å². The van der Waals surface area contributed by atoms with E-state index in [1.165, 1.54) is 6.07 Å². The zero-order valence-electron chi connectivity index (χ0n) is 13.0. The summed E-state index contributed by atoms with van der Waals surface area (Å²) in [6, 6.07) is 10.1. The van der Waals surface area contributed by atoms with Gasteiger partial charge in [-0.05, 0) is 24.3 Å². The number of hydrazine groups is 1. The number of nitro benzene ring substituents is 1. The lowest BCUT2D eigenvalue weighted by Crippen LogP contribution is -2.47.